The number of amides is 2. The second-order valence-electron chi connectivity index (χ2n) is 2.86. The average Bonchev–Trinajstić information content (AvgIpc) is 2.28. The molecule has 8 heteroatoms. The van der Waals surface area contributed by atoms with E-state index in [1.54, 1.807) is 16.9 Å². The van der Waals surface area contributed by atoms with Crippen LogP contribution in [-0.4, -0.2) is 29.0 Å². The largest absolute Gasteiger partial charge is 0.755 e. The Balaban J connectivity index is 2.83. The van der Waals surface area contributed by atoms with Crippen LogP contribution in [0.4, 0.5) is 10.5 Å². The minimum Gasteiger partial charge on any atom is -0.755 e. The Kier molecular flexibility index (Phi) is 4.73. The molecule has 94 valence electrons. The van der Waals surface area contributed by atoms with Gasteiger partial charge in [-0.05, 0) is 12.1 Å². The number of ether oxygens (including phenoxy) is 2. The molecule has 1 rings (SSSR count). The predicted octanol–water partition coefficient (Wildman–Crippen LogP) is 0.619. The summed E-state index contributed by atoms with van der Waals surface area (Å²) in [4.78, 5) is 11.1. The van der Waals surface area contributed by atoms with E-state index in [1.807, 2.05) is 0 Å². The number of carbonyl (C=O) groups is 1. The molecule has 0 aliphatic rings. The Labute approximate surface area is 101 Å². The van der Waals surface area contributed by atoms with Crippen molar-refractivity contribution < 1.29 is 23.0 Å². The number of rotatable bonds is 4. The van der Waals surface area contributed by atoms with Gasteiger partial charge in [-0.15, -0.1) is 0 Å². The summed E-state index contributed by atoms with van der Waals surface area (Å²) < 4.78 is 32.1. The van der Waals surface area contributed by atoms with Crippen LogP contribution in [0.2, 0.25) is 0 Å². The van der Waals surface area contributed by atoms with Gasteiger partial charge in [0.05, 0.1) is 19.9 Å². The highest BCUT2D eigenvalue weighted by molar-refractivity contribution is 7.77. The number of nitrogens with one attached hydrogen (secondary N) is 2. The topological polar surface area (TPSA) is 99.7 Å². The van der Waals surface area contributed by atoms with Gasteiger partial charge in [0, 0.05) is 17.3 Å². The summed E-state index contributed by atoms with van der Waals surface area (Å²) in [6.07, 6.45) is 0. The fourth-order valence-electron chi connectivity index (χ4n) is 1.13. The smallest absolute Gasteiger partial charge is 0.330 e. The molecular weight excluding hydrogens is 248 g/mol. The molecule has 2 amide bonds. The molecule has 0 bridgehead atoms. The van der Waals surface area contributed by atoms with Crippen LogP contribution in [0.5, 0.6) is 11.5 Å². The molecule has 0 saturated carbocycles. The molecule has 0 radical (unpaired) electrons. The van der Waals surface area contributed by atoms with Crippen LogP contribution in [0.1, 0.15) is 0 Å². The zero-order chi connectivity index (χ0) is 12.8. The van der Waals surface area contributed by atoms with Gasteiger partial charge in [0.25, 0.3) is 0 Å². The SMILES string of the molecule is COc1ccc(NC(=O)NS(=O)[O-])c(OC)c1. The molecule has 0 saturated heterocycles. The molecule has 1 unspecified atom stereocenters. The number of carbonyl (C=O) groups excluding carboxylic acids is 1. The highest BCUT2D eigenvalue weighted by atomic mass is 32.2. The second kappa shape index (κ2) is 6.06. The quantitative estimate of drug-likeness (QED) is 0.772. The van der Waals surface area contributed by atoms with Gasteiger partial charge in [-0.3, -0.25) is 8.93 Å². The maximum absolute atomic E-state index is 11.1. The molecule has 7 nitrogen and oxygen atoms in total. The zero-order valence-corrected chi connectivity index (χ0v) is 10.00. The van der Waals surface area contributed by atoms with E-state index in [2.05, 4.69) is 5.32 Å². The Morgan fingerprint density at radius 2 is 2.06 bits per heavy atom. The third-order valence-corrected chi connectivity index (χ3v) is 2.18. The lowest BCUT2D eigenvalue weighted by molar-refractivity contribution is 0.256. The van der Waals surface area contributed by atoms with Crippen LogP contribution in [0, 0.1) is 0 Å². The molecule has 1 atom stereocenters. The second-order valence-corrected chi connectivity index (χ2v) is 3.53. The summed E-state index contributed by atoms with van der Waals surface area (Å²) in [6, 6.07) is 3.82. The van der Waals surface area contributed by atoms with Gasteiger partial charge in [0.2, 0.25) is 0 Å². The number of methoxy groups -OCH3 is 2. The molecule has 0 aliphatic heterocycles. The van der Waals surface area contributed by atoms with Crippen molar-refractivity contribution >= 4 is 23.0 Å². The van der Waals surface area contributed by atoms with Crippen molar-refractivity contribution in [3.05, 3.63) is 18.2 Å². The van der Waals surface area contributed by atoms with E-state index in [0.29, 0.717) is 17.2 Å². The first kappa shape index (κ1) is 13.3. The van der Waals surface area contributed by atoms with Crippen LogP contribution < -0.4 is 19.5 Å². The van der Waals surface area contributed by atoms with Gasteiger partial charge in [0.15, 0.2) is 0 Å². The number of benzene rings is 1. The lowest BCUT2D eigenvalue weighted by Crippen LogP contribution is -2.30. The first-order valence-electron chi connectivity index (χ1n) is 4.45. The summed E-state index contributed by atoms with van der Waals surface area (Å²) in [5, 5.41) is 2.32. The Hall–Kier alpha value is -1.80. The van der Waals surface area contributed by atoms with Crippen molar-refractivity contribution in [1.29, 1.82) is 0 Å². The van der Waals surface area contributed by atoms with E-state index in [-0.39, 0.29) is 0 Å². The van der Waals surface area contributed by atoms with Crippen LogP contribution in [0.25, 0.3) is 0 Å². The fraction of sp³-hybridized carbons (Fsp3) is 0.222. The van der Waals surface area contributed by atoms with Gasteiger partial charge >= 0.3 is 6.03 Å². The lowest BCUT2D eigenvalue weighted by atomic mass is 10.2. The third kappa shape index (κ3) is 3.93. The van der Waals surface area contributed by atoms with Crippen molar-refractivity contribution in [3.63, 3.8) is 0 Å². The van der Waals surface area contributed by atoms with Crippen LogP contribution in [0.15, 0.2) is 18.2 Å². The van der Waals surface area contributed by atoms with Crippen molar-refractivity contribution in [3.8, 4) is 11.5 Å². The summed E-state index contributed by atoms with van der Waals surface area (Å²) in [6.45, 7) is 0. The number of urea groups is 1. The minimum absolute atomic E-state index is 0.330. The molecule has 0 fully saturated rings. The first-order valence-corrected chi connectivity index (χ1v) is 5.53. The number of hydrogen-bond donors (Lipinski definition) is 2. The van der Waals surface area contributed by atoms with Gasteiger partial charge in [-0.25, -0.2) is 4.79 Å². The number of hydrogen-bond acceptors (Lipinski definition) is 5. The fourth-order valence-corrected chi connectivity index (χ4v) is 1.33. The highest BCUT2D eigenvalue weighted by Crippen LogP contribution is 2.28. The van der Waals surface area contributed by atoms with Crippen molar-refractivity contribution in [2.45, 2.75) is 0 Å². The third-order valence-electron chi connectivity index (χ3n) is 1.83. The van der Waals surface area contributed by atoms with Gasteiger partial charge in [0.1, 0.15) is 11.5 Å². The molecule has 1 aromatic carbocycles. The monoisotopic (exact) mass is 259 g/mol. The van der Waals surface area contributed by atoms with Crippen LogP contribution in [0.3, 0.4) is 0 Å². The summed E-state index contributed by atoms with van der Waals surface area (Å²) in [7, 11) is 2.92. The molecule has 0 aliphatic carbocycles. The predicted molar refractivity (Wildman–Crippen MR) is 60.6 cm³/mol. The molecular formula is C9H11N2O5S-. The summed E-state index contributed by atoms with van der Waals surface area (Å²) >= 11 is -2.66. The highest BCUT2D eigenvalue weighted by Gasteiger charge is 2.08. The molecule has 0 aromatic heterocycles. The lowest BCUT2D eigenvalue weighted by Gasteiger charge is -2.12. The van der Waals surface area contributed by atoms with E-state index >= 15 is 0 Å². The standard InChI is InChI=1S/C9H12N2O5S/c1-15-6-3-4-7(8(5-6)16-2)10-9(12)11-17(13)14/h3-5H,1-2H3,(H,13,14)(H2,10,11,12)/p-1. The van der Waals surface area contributed by atoms with Gasteiger partial charge in [-0.1, -0.05) is 0 Å². The Bertz CT molecular complexity index is 437. The first-order chi connectivity index (χ1) is 8.06. The molecule has 1 aromatic rings. The van der Waals surface area contributed by atoms with Crippen LogP contribution >= 0.6 is 0 Å². The maximum atomic E-state index is 11.1. The molecule has 17 heavy (non-hydrogen) atoms. The molecule has 0 heterocycles. The summed E-state index contributed by atoms with van der Waals surface area (Å²) in [5.74, 6) is 0.913. The molecule has 2 N–H and O–H groups in total. The summed E-state index contributed by atoms with van der Waals surface area (Å²) in [5.41, 5.74) is 0.330. The van der Waals surface area contributed by atoms with E-state index in [4.69, 9.17) is 9.47 Å². The van der Waals surface area contributed by atoms with Crippen molar-refractivity contribution in [2.24, 2.45) is 0 Å². The minimum atomic E-state index is -2.66. The van der Waals surface area contributed by atoms with Gasteiger partial charge in [-0.2, -0.15) is 0 Å². The Morgan fingerprint density at radius 3 is 2.59 bits per heavy atom. The van der Waals surface area contributed by atoms with E-state index in [9.17, 15) is 13.6 Å². The molecule has 0 spiro atoms. The van der Waals surface area contributed by atoms with Gasteiger partial charge < -0.3 is 19.3 Å². The average molecular weight is 259 g/mol. The van der Waals surface area contributed by atoms with Crippen LogP contribution in [-0.2, 0) is 11.3 Å². The van der Waals surface area contributed by atoms with E-state index in [0.717, 1.165) is 0 Å². The van der Waals surface area contributed by atoms with Crippen molar-refractivity contribution in [1.82, 2.24) is 4.72 Å². The van der Waals surface area contributed by atoms with Crippen molar-refractivity contribution in [2.75, 3.05) is 19.5 Å². The Morgan fingerprint density at radius 1 is 1.35 bits per heavy atom. The zero-order valence-electron chi connectivity index (χ0n) is 9.18. The normalized spacial score (nSPS) is 11.5. The van der Waals surface area contributed by atoms with E-state index < -0.39 is 17.3 Å². The number of anilines is 1. The van der Waals surface area contributed by atoms with E-state index in [1.165, 1.54) is 20.3 Å². The maximum Gasteiger partial charge on any atom is 0.330 e.